The molecule has 0 saturated carbocycles. The summed E-state index contributed by atoms with van der Waals surface area (Å²) in [5, 5.41) is 20.1. The molecule has 2 rings (SSSR count). The van der Waals surface area contributed by atoms with Gasteiger partial charge >= 0.3 is 5.97 Å². The third-order valence-corrected chi connectivity index (χ3v) is 2.29. The van der Waals surface area contributed by atoms with Crippen molar-refractivity contribution in [1.82, 2.24) is 14.9 Å². The number of hydrogen-bond donors (Lipinski definition) is 1. The van der Waals surface area contributed by atoms with Gasteiger partial charge in [-0.3, -0.25) is 0 Å². The van der Waals surface area contributed by atoms with E-state index in [-0.39, 0.29) is 0 Å². The topological polar surface area (TPSA) is 89.6 Å². The summed E-state index contributed by atoms with van der Waals surface area (Å²) in [4.78, 5) is 10.6. The van der Waals surface area contributed by atoms with E-state index < -0.39 is 12.1 Å². The fourth-order valence-electron chi connectivity index (χ4n) is 1.28. The quantitative estimate of drug-likeness (QED) is 0.810. The van der Waals surface area contributed by atoms with Crippen LogP contribution >= 0.6 is 0 Å². The number of benzene rings is 1. The molecular weight excluding hydrogens is 248 g/mol. The van der Waals surface area contributed by atoms with Crippen LogP contribution < -0.4 is 4.74 Å². The Hall–Kier alpha value is -2.70. The van der Waals surface area contributed by atoms with Gasteiger partial charge in [0.05, 0.1) is 6.21 Å². The summed E-state index contributed by atoms with van der Waals surface area (Å²) in [5.74, 6) is -0.505. The number of nitrogens with zero attached hydrogens (tertiary/aromatic N) is 4. The first-order valence-electron chi connectivity index (χ1n) is 5.53. The Labute approximate surface area is 109 Å². The van der Waals surface area contributed by atoms with E-state index in [1.54, 1.807) is 30.5 Å². The largest absolute Gasteiger partial charge is 0.479 e. The summed E-state index contributed by atoms with van der Waals surface area (Å²) >= 11 is 0. The summed E-state index contributed by atoms with van der Waals surface area (Å²) in [6.45, 7) is 1.48. The molecule has 0 aliphatic rings. The summed E-state index contributed by atoms with van der Waals surface area (Å²) in [6.07, 6.45) is 3.70. The van der Waals surface area contributed by atoms with Crippen LogP contribution in [0.25, 0.3) is 0 Å². The van der Waals surface area contributed by atoms with Crippen molar-refractivity contribution in [2.75, 3.05) is 0 Å². The maximum Gasteiger partial charge on any atom is 0.344 e. The van der Waals surface area contributed by atoms with Gasteiger partial charge in [0, 0.05) is 0 Å². The van der Waals surface area contributed by atoms with Crippen LogP contribution in [0.3, 0.4) is 0 Å². The fraction of sp³-hybridized carbons (Fsp3) is 0.167. The molecule has 1 unspecified atom stereocenters. The second-order valence-corrected chi connectivity index (χ2v) is 3.75. The average molecular weight is 260 g/mol. The van der Waals surface area contributed by atoms with Crippen LogP contribution in [0.4, 0.5) is 0 Å². The van der Waals surface area contributed by atoms with Crippen LogP contribution in [0.2, 0.25) is 0 Å². The maximum absolute atomic E-state index is 10.6. The number of aliphatic carboxylic acids is 1. The van der Waals surface area contributed by atoms with Gasteiger partial charge in [-0.05, 0) is 36.8 Å². The third-order valence-electron chi connectivity index (χ3n) is 2.29. The van der Waals surface area contributed by atoms with Crippen molar-refractivity contribution in [3.8, 4) is 5.75 Å². The predicted molar refractivity (Wildman–Crippen MR) is 67.2 cm³/mol. The summed E-state index contributed by atoms with van der Waals surface area (Å²) < 4.78 is 6.68. The summed E-state index contributed by atoms with van der Waals surface area (Å²) in [7, 11) is 0. The zero-order chi connectivity index (χ0) is 13.7. The van der Waals surface area contributed by atoms with E-state index in [9.17, 15) is 4.79 Å². The van der Waals surface area contributed by atoms with Gasteiger partial charge in [-0.2, -0.15) is 5.10 Å². The first-order valence-corrected chi connectivity index (χ1v) is 5.53. The molecule has 1 N–H and O–H groups in total. The van der Waals surface area contributed by atoms with Gasteiger partial charge in [-0.15, -0.1) is 10.2 Å². The van der Waals surface area contributed by atoms with Crippen LogP contribution in [-0.2, 0) is 4.79 Å². The van der Waals surface area contributed by atoms with Gasteiger partial charge in [-0.1, -0.05) is 0 Å². The smallest absolute Gasteiger partial charge is 0.344 e. The van der Waals surface area contributed by atoms with Gasteiger partial charge < -0.3 is 9.84 Å². The highest BCUT2D eigenvalue weighted by Gasteiger charge is 2.11. The molecule has 0 spiro atoms. The lowest BCUT2D eigenvalue weighted by molar-refractivity contribution is -0.144. The van der Waals surface area contributed by atoms with Gasteiger partial charge in [0.15, 0.2) is 6.10 Å². The van der Waals surface area contributed by atoms with Crippen LogP contribution in [0.15, 0.2) is 42.0 Å². The monoisotopic (exact) mass is 260 g/mol. The van der Waals surface area contributed by atoms with Crippen molar-refractivity contribution >= 4 is 12.2 Å². The molecule has 0 amide bonds. The minimum Gasteiger partial charge on any atom is -0.479 e. The van der Waals surface area contributed by atoms with Crippen LogP contribution in [0.1, 0.15) is 12.5 Å². The Morgan fingerprint density at radius 3 is 2.58 bits per heavy atom. The molecule has 2 aromatic rings. The maximum atomic E-state index is 10.6. The third kappa shape index (κ3) is 3.63. The minimum atomic E-state index is -1.00. The van der Waals surface area contributed by atoms with Crippen molar-refractivity contribution in [2.24, 2.45) is 5.10 Å². The normalized spacial score (nSPS) is 12.5. The van der Waals surface area contributed by atoms with E-state index in [1.165, 1.54) is 24.3 Å². The lowest BCUT2D eigenvalue weighted by Crippen LogP contribution is -2.22. The van der Waals surface area contributed by atoms with E-state index >= 15 is 0 Å². The number of rotatable bonds is 5. The van der Waals surface area contributed by atoms with E-state index in [0.717, 1.165) is 5.56 Å². The first kappa shape index (κ1) is 12.7. The molecule has 19 heavy (non-hydrogen) atoms. The number of carbonyl (C=O) groups is 1. The fourth-order valence-corrected chi connectivity index (χ4v) is 1.28. The molecule has 98 valence electrons. The number of hydrogen-bond acceptors (Lipinski definition) is 5. The number of carboxylic acid groups (broad SMARTS) is 1. The van der Waals surface area contributed by atoms with Crippen LogP contribution in [0, 0.1) is 0 Å². The van der Waals surface area contributed by atoms with Gasteiger partial charge in [0.25, 0.3) is 0 Å². The van der Waals surface area contributed by atoms with Crippen molar-refractivity contribution < 1.29 is 14.6 Å². The van der Waals surface area contributed by atoms with Crippen LogP contribution in [-0.4, -0.2) is 38.3 Å². The second-order valence-electron chi connectivity index (χ2n) is 3.75. The van der Waals surface area contributed by atoms with Crippen molar-refractivity contribution in [3.05, 3.63) is 42.5 Å². The lowest BCUT2D eigenvalue weighted by atomic mass is 10.2. The van der Waals surface area contributed by atoms with Crippen molar-refractivity contribution in [1.29, 1.82) is 0 Å². The lowest BCUT2D eigenvalue weighted by Gasteiger charge is -2.09. The first-order chi connectivity index (χ1) is 9.15. The van der Waals surface area contributed by atoms with Gasteiger partial charge in [-0.25, -0.2) is 9.47 Å². The molecule has 0 fully saturated rings. The zero-order valence-electron chi connectivity index (χ0n) is 10.2. The molecular formula is C12H12N4O3. The van der Waals surface area contributed by atoms with E-state index in [2.05, 4.69) is 15.3 Å². The predicted octanol–water partition coefficient (Wildman–Crippen LogP) is 1.01. The zero-order valence-corrected chi connectivity index (χ0v) is 10.2. The molecule has 7 nitrogen and oxygen atoms in total. The molecule has 0 aliphatic carbocycles. The average Bonchev–Trinajstić information content (AvgIpc) is 2.91. The molecule has 0 bridgehead atoms. The summed E-state index contributed by atoms with van der Waals surface area (Å²) in [6, 6.07) is 6.93. The highest BCUT2D eigenvalue weighted by Crippen LogP contribution is 2.13. The van der Waals surface area contributed by atoms with E-state index in [0.29, 0.717) is 5.75 Å². The van der Waals surface area contributed by atoms with E-state index in [1.807, 2.05) is 0 Å². The Morgan fingerprint density at radius 1 is 1.37 bits per heavy atom. The van der Waals surface area contributed by atoms with Gasteiger partial charge in [0.2, 0.25) is 0 Å². The number of ether oxygens (including phenoxy) is 1. The summed E-state index contributed by atoms with van der Waals surface area (Å²) in [5.41, 5.74) is 0.851. The SMILES string of the molecule is CC(Oc1ccc(/C=N/n2cnnc2)cc1)C(=O)O. The molecule has 0 radical (unpaired) electrons. The second kappa shape index (κ2) is 5.76. The van der Waals surface area contributed by atoms with Gasteiger partial charge in [0.1, 0.15) is 18.4 Å². The molecule has 0 aliphatic heterocycles. The standard InChI is InChI=1S/C12H12N4O3/c1-9(12(17)18)19-11-4-2-10(3-5-11)6-15-16-7-13-14-8-16/h2-9H,1H3,(H,17,18)/b15-6+. The Morgan fingerprint density at radius 2 is 2.00 bits per heavy atom. The molecule has 7 heteroatoms. The molecule has 1 aromatic carbocycles. The van der Waals surface area contributed by atoms with E-state index in [4.69, 9.17) is 9.84 Å². The van der Waals surface area contributed by atoms with Crippen molar-refractivity contribution in [3.63, 3.8) is 0 Å². The molecule has 1 atom stereocenters. The van der Waals surface area contributed by atoms with Crippen molar-refractivity contribution in [2.45, 2.75) is 13.0 Å². The Bertz CT molecular complexity index is 563. The highest BCUT2D eigenvalue weighted by molar-refractivity contribution is 5.79. The molecule has 0 saturated heterocycles. The Balaban J connectivity index is 2.00. The Kier molecular flexibility index (Phi) is 3.87. The molecule has 1 aromatic heterocycles. The number of carboxylic acids is 1. The number of aromatic nitrogens is 3. The van der Waals surface area contributed by atoms with Crippen LogP contribution in [0.5, 0.6) is 5.75 Å². The molecule has 1 heterocycles. The minimum absolute atomic E-state index is 0.497. The highest BCUT2D eigenvalue weighted by atomic mass is 16.5.